The van der Waals surface area contributed by atoms with Crippen molar-refractivity contribution in [3.8, 4) is 12.3 Å². The third kappa shape index (κ3) is 6.97. The monoisotopic (exact) mass is 195 g/mol. The van der Waals surface area contributed by atoms with E-state index in [1.807, 2.05) is 0 Å². The van der Waals surface area contributed by atoms with E-state index in [1.165, 1.54) is 38.5 Å². The molecule has 1 unspecified atom stereocenters. The molecule has 0 spiro atoms. The van der Waals surface area contributed by atoms with Crippen molar-refractivity contribution in [3.63, 3.8) is 0 Å². The van der Waals surface area contributed by atoms with Gasteiger partial charge in [-0.3, -0.25) is 4.90 Å². The number of hydrogen-bond acceptors (Lipinski definition) is 1. The van der Waals surface area contributed by atoms with Gasteiger partial charge in [-0.15, -0.1) is 6.42 Å². The Morgan fingerprint density at radius 2 is 1.64 bits per heavy atom. The van der Waals surface area contributed by atoms with Gasteiger partial charge in [-0.05, 0) is 20.5 Å². The van der Waals surface area contributed by atoms with Gasteiger partial charge in [-0.1, -0.05) is 51.4 Å². The molecule has 0 aliphatic heterocycles. The number of rotatable bonds is 8. The van der Waals surface area contributed by atoms with E-state index in [-0.39, 0.29) is 0 Å². The lowest BCUT2D eigenvalue weighted by atomic mass is 10.1. The Balaban J connectivity index is 3.30. The second-order valence-corrected chi connectivity index (χ2v) is 4.20. The third-order valence-electron chi connectivity index (χ3n) is 2.65. The van der Waals surface area contributed by atoms with Crippen molar-refractivity contribution in [2.24, 2.45) is 0 Å². The predicted octanol–water partition coefficient (Wildman–Crippen LogP) is 3.30. The summed E-state index contributed by atoms with van der Waals surface area (Å²) >= 11 is 0. The van der Waals surface area contributed by atoms with Crippen LogP contribution < -0.4 is 0 Å². The second kappa shape index (κ2) is 9.09. The molecule has 0 radical (unpaired) electrons. The fraction of sp³-hybridized carbons (Fsp3) is 0.846. The highest BCUT2D eigenvalue weighted by atomic mass is 15.1. The first-order valence-corrected chi connectivity index (χ1v) is 5.85. The molecule has 1 atom stereocenters. The molecule has 82 valence electrons. The first-order chi connectivity index (χ1) is 6.72. The molecule has 0 heterocycles. The average Bonchev–Trinajstić information content (AvgIpc) is 2.16. The van der Waals surface area contributed by atoms with Crippen molar-refractivity contribution in [1.82, 2.24) is 4.90 Å². The van der Waals surface area contributed by atoms with Crippen LogP contribution >= 0.6 is 0 Å². The van der Waals surface area contributed by atoms with E-state index >= 15 is 0 Å². The average molecular weight is 195 g/mol. The maximum atomic E-state index is 5.44. The first kappa shape index (κ1) is 13.5. The maximum absolute atomic E-state index is 5.44. The van der Waals surface area contributed by atoms with Crippen LogP contribution in [0.2, 0.25) is 0 Å². The molecule has 0 N–H and O–H groups in total. The van der Waals surface area contributed by atoms with E-state index < -0.39 is 0 Å². The van der Waals surface area contributed by atoms with Gasteiger partial charge in [-0.25, -0.2) is 0 Å². The van der Waals surface area contributed by atoms with Crippen LogP contribution in [0.25, 0.3) is 0 Å². The van der Waals surface area contributed by atoms with Crippen molar-refractivity contribution in [1.29, 1.82) is 0 Å². The van der Waals surface area contributed by atoms with Crippen LogP contribution in [-0.4, -0.2) is 25.0 Å². The minimum absolute atomic E-state index is 0.334. The molecule has 0 saturated carbocycles. The molecule has 1 nitrogen and oxygen atoms in total. The van der Waals surface area contributed by atoms with Gasteiger partial charge in [0.1, 0.15) is 0 Å². The van der Waals surface area contributed by atoms with Crippen LogP contribution in [0.1, 0.15) is 51.9 Å². The number of hydrogen-bond donors (Lipinski definition) is 0. The zero-order valence-corrected chi connectivity index (χ0v) is 10.1. The van der Waals surface area contributed by atoms with E-state index in [4.69, 9.17) is 6.42 Å². The van der Waals surface area contributed by atoms with Crippen LogP contribution in [0.4, 0.5) is 0 Å². The number of nitrogens with zero attached hydrogens (tertiary/aromatic N) is 1. The van der Waals surface area contributed by atoms with Crippen molar-refractivity contribution in [2.45, 2.75) is 57.9 Å². The maximum Gasteiger partial charge on any atom is 0.0706 e. The van der Waals surface area contributed by atoms with Crippen LogP contribution in [-0.2, 0) is 0 Å². The molecule has 1 heteroatoms. The van der Waals surface area contributed by atoms with Crippen LogP contribution in [0.3, 0.4) is 0 Å². The van der Waals surface area contributed by atoms with Crippen molar-refractivity contribution >= 4 is 0 Å². The molecule has 0 aromatic rings. The zero-order valence-electron chi connectivity index (χ0n) is 10.1. The summed E-state index contributed by atoms with van der Waals surface area (Å²) in [5, 5.41) is 0. The molecule has 0 fully saturated rings. The Bertz CT molecular complexity index is 155. The van der Waals surface area contributed by atoms with Crippen LogP contribution in [0.15, 0.2) is 0 Å². The van der Waals surface area contributed by atoms with Gasteiger partial charge in [0.05, 0.1) is 6.04 Å². The summed E-state index contributed by atoms with van der Waals surface area (Å²) in [5.41, 5.74) is 0. The fourth-order valence-electron chi connectivity index (χ4n) is 1.61. The highest BCUT2D eigenvalue weighted by Gasteiger charge is 2.05. The summed E-state index contributed by atoms with van der Waals surface area (Å²) in [5.74, 6) is 2.83. The minimum atomic E-state index is 0.334. The van der Waals surface area contributed by atoms with Crippen LogP contribution in [0, 0.1) is 12.3 Å². The SMILES string of the molecule is C#CC(CCCCCCCC)N(C)C. The van der Waals surface area contributed by atoms with Crippen molar-refractivity contribution in [3.05, 3.63) is 0 Å². The first-order valence-electron chi connectivity index (χ1n) is 5.85. The summed E-state index contributed by atoms with van der Waals surface area (Å²) in [6.07, 6.45) is 14.7. The highest BCUT2D eigenvalue weighted by Crippen LogP contribution is 2.10. The van der Waals surface area contributed by atoms with Crippen molar-refractivity contribution in [2.75, 3.05) is 14.1 Å². The highest BCUT2D eigenvalue weighted by molar-refractivity contribution is 4.98. The molecule has 0 rings (SSSR count). The molecular weight excluding hydrogens is 170 g/mol. The lowest BCUT2D eigenvalue weighted by Crippen LogP contribution is -2.25. The zero-order chi connectivity index (χ0) is 10.8. The second-order valence-electron chi connectivity index (χ2n) is 4.20. The molecule has 0 aromatic carbocycles. The van der Waals surface area contributed by atoms with E-state index in [1.54, 1.807) is 0 Å². The summed E-state index contributed by atoms with van der Waals surface area (Å²) in [6, 6.07) is 0.334. The standard InChI is InChI=1S/C13H25N/c1-5-7-8-9-10-11-12-13(6-2)14(3)4/h2,13H,5,7-12H2,1,3-4H3. The molecular formula is C13H25N. The molecule has 0 aliphatic carbocycles. The normalized spacial score (nSPS) is 12.8. The van der Waals surface area contributed by atoms with E-state index in [2.05, 4.69) is 31.8 Å². The smallest absolute Gasteiger partial charge is 0.0706 e. The quantitative estimate of drug-likeness (QED) is 0.424. The number of terminal acetylenes is 1. The fourth-order valence-corrected chi connectivity index (χ4v) is 1.61. The van der Waals surface area contributed by atoms with Crippen LogP contribution in [0.5, 0.6) is 0 Å². The van der Waals surface area contributed by atoms with Crippen molar-refractivity contribution < 1.29 is 0 Å². The van der Waals surface area contributed by atoms with E-state index in [0.717, 1.165) is 6.42 Å². The van der Waals surface area contributed by atoms with Gasteiger partial charge in [-0.2, -0.15) is 0 Å². The topological polar surface area (TPSA) is 3.24 Å². The Hall–Kier alpha value is -0.480. The predicted molar refractivity (Wildman–Crippen MR) is 64.3 cm³/mol. The number of unbranched alkanes of at least 4 members (excludes halogenated alkanes) is 5. The van der Waals surface area contributed by atoms with Gasteiger partial charge < -0.3 is 0 Å². The minimum Gasteiger partial charge on any atom is -0.296 e. The Morgan fingerprint density at radius 3 is 2.14 bits per heavy atom. The van der Waals surface area contributed by atoms with Gasteiger partial charge in [0, 0.05) is 0 Å². The largest absolute Gasteiger partial charge is 0.296 e. The lowest BCUT2D eigenvalue weighted by molar-refractivity contribution is 0.329. The molecule has 0 bridgehead atoms. The van der Waals surface area contributed by atoms with E-state index in [0.29, 0.717) is 6.04 Å². The summed E-state index contributed by atoms with van der Waals surface area (Å²) < 4.78 is 0. The summed E-state index contributed by atoms with van der Waals surface area (Å²) in [4.78, 5) is 2.13. The van der Waals surface area contributed by atoms with Gasteiger partial charge >= 0.3 is 0 Å². The molecule has 0 amide bonds. The molecule has 0 saturated heterocycles. The molecule has 14 heavy (non-hydrogen) atoms. The lowest BCUT2D eigenvalue weighted by Gasteiger charge is -2.18. The Morgan fingerprint density at radius 1 is 1.07 bits per heavy atom. The Kier molecular flexibility index (Phi) is 8.78. The summed E-state index contributed by atoms with van der Waals surface area (Å²) in [6.45, 7) is 2.25. The van der Waals surface area contributed by atoms with Gasteiger partial charge in [0.15, 0.2) is 0 Å². The summed E-state index contributed by atoms with van der Waals surface area (Å²) in [7, 11) is 4.11. The Labute approximate surface area is 89.9 Å². The molecule has 0 aliphatic rings. The van der Waals surface area contributed by atoms with E-state index in [9.17, 15) is 0 Å². The van der Waals surface area contributed by atoms with Gasteiger partial charge in [0.25, 0.3) is 0 Å². The van der Waals surface area contributed by atoms with Gasteiger partial charge in [0.2, 0.25) is 0 Å². The molecule has 0 aromatic heterocycles. The third-order valence-corrected chi connectivity index (χ3v) is 2.65.